The minimum absolute atomic E-state index is 0.217. The van der Waals surface area contributed by atoms with Gasteiger partial charge in [-0.15, -0.1) is 16.4 Å². The van der Waals surface area contributed by atoms with Crippen LogP contribution in [0.15, 0.2) is 16.5 Å². The molecule has 0 saturated carbocycles. The van der Waals surface area contributed by atoms with Crippen LogP contribution < -0.4 is 10.2 Å². The number of carboxylic acid groups (broad SMARTS) is 1. The van der Waals surface area contributed by atoms with E-state index < -0.39 is 12.1 Å². The maximum absolute atomic E-state index is 12.7. The summed E-state index contributed by atoms with van der Waals surface area (Å²) >= 11 is 7.16. The molecule has 0 aromatic carbocycles. The molecule has 0 aliphatic carbocycles. The van der Waals surface area contributed by atoms with E-state index in [-0.39, 0.29) is 11.8 Å². The number of aromatic nitrogens is 2. The van der Waals surface area contributed by atoms with Gasteiger partial charge in [0.05, 0.1) is 15.8 Å². The highest BCUT2D eigenvalue weighted by Gasteiger charge is 2.29. The second-order valence-corrected chi connectivity index (χ2v) is 9.13. The fourth-order valence-electron chi connectivity index (χ4n) is 3.43. The molecule has 10 nitrogen and oxygen atoms in total. The van der Waals surface area contributed by atoms with E-state index in [1.165, 1.54) is 16.2 Å². The average Bonchev–Trinajstić information content (AvgIpc) is 3.41. The topological polar surface area (TPSA) is 121 Å². The number of likely N-dealkylation sites (N-methyl/N-ethyl adjacent to an activating group) is 1. The third-order valence-corrected chi connectivity index (χ3v) is 6.47. The van der Waals surface area contributed by atoms with Gasteiger partial charge in [-0.05, 0) is 37.3 Å². The summed E-state index contributed by atoms with van der Waals surface area (Å²) in [5.41, 5.74) is 0. The van der Waals surface area contributed by atoms with Gasteiger partial charge in [0.1, 0.15) is 6.04 Å². The molecule has 2 N–H and O–H groups in total. The predicted molar refractivity (Wildman–Crippen MR) is 116 cm³/mol. The first kappa shape index (κ1) is 23.3. The van der Waals surface area contributed by atoms with Gasteiger partial charge in [0, 0.05) is 33.8 Å². The lowest BCUT2D eigenvalue weighted by atomic mass is 9.90. The van der Waals surface area contributed by atoms with E-state index in [1.54, 1.807) is 24.1 Å². The summed E-state index contributed by atoms with van der Waals surface area (Å²) in [7, 11) is 3.43. The molecule has 1 aliphatic rings. The second kappa shape index (κ2) is 10.8. The van der Waals surface area contributed by atoms with Gasteiger partial charge in [-0.25, -0.2) is 4.79 Å². The molecule has 1 unspecified atom stereocenters. The summed E-state index contributed by atoms with van der Waals surface area (Å²) in [6.45, 7) is 2.03. The summed E-state index contributed by atoms with van der Waals surface area (Å²) in [6, 6.07) is 3.19. The van der Waals surface area contributed by atoms with Crippen molar-refractivity contribution < 1.29 is 23.8 Å². The van der Waals surface area contributed by atoms with Gasteiger partial charge in [0.2, 0.25) is 5.89 Å². The maximum atomic E-state index is 12.7. The molecule has 0 bridgehead atoms. The minimum Gasteiger partial charge on any atom is -0.465 e. The average molecular weight is 472 g/mol. The summed E-state index contributed by atoms with van der Waals surface area (Å²) in [6.07, 6.45) is 1.08. The molecule has 3 rings (SSSR count). The summed E-state index contributed by atoms with van der Waals surface area (Å²) < 4.78 is 11.5. The highest BCUT2D eigenvalue weighted by molar-refractivity contribution is 7.18. The molecule has 1 saturated heterocycles. The van der Waals surface area contributed by atoms with Crippen LogP contribution in [-0.2, 0) is 4.74 Å². The smallest absolute Gasteiger partial charge is 0.407 e. The Hall–Kier alpha value is -2.37. The largest absolute Gasteiger partial charge is 0.465 e. The van der Waals surface area contributed by atoms with E-state index >= 15 is 0 Å². The molecular weight excluding hydrogens is 446 g/mol. The number of nitrogens with one attached hydrogen (secondary N) is 1. The second-order valence-electron chi connectivity index (χ2n) is 7.42. The van der Waals surface area contributed by atoms with Crippen molar-refractivity contribution in [1.29, 1.82) is 0 Å². The van der Waals surface area contributed by atoms with Crippen molar-refractivity contribution in [3.05, 3.63) is 27.2 Å². The van der Waals surface area contributed by atoms with Crippen LogP contribution in [0.3, 0.4) is 0 Å². The van der Waals surface area contributed by atoms with Gasteiger partial charge < -0.3 is 29.4 Å². The zero-order valence-corrected chi connectivity index (χ0v) is 19.0. The lowest BCUT2D eigenvalue weighted by Crippen LogP contribution is -2.39. The van der Waals surface area contributed by atoms with Crippen molar-refractivity contribution in [1.82, 2.24) is 20.4 Å². The molecule has 1 aliphatic heterocycles. The number of halogens is 1. The summed E-state index contributed by atoms with van der Waals surface area (Å²) in [5, 5.41) is 20.4. The predicted octanol–water partition coefficient (Wildman–Crippen LogP) is 3.12. The van der Waals surface area contributed by atoms with Crippen LogP contribution in [0.4, 0.5) is 10.8 Å². The number of likely N-dealkylation sites (tertiary alicyclic amines) is 1. The summed E-state index contributed by atoms with van der Waals surface area (Å²) in [5.74, 6) is 0.266. The quantitative estimate of drug-likeness (QED) is 0.572. The fraction of sp³-hybridized carbons (Fsp3) is 0.579. The highest BCUT2D eigenvalue weighted by Crippen LogP contribution is 2.30. The first-order valence-electron chi connectivity index (χ1n) is 9.95. The normalized spacial score (nSPS) is 15.6. The molecule has 0 radical (unpaired) electrons. The molecular formula is C19H26ClN5O5S. The third-order valence-electron chi connectivity index (χ3n) is 5.24. The Morgan fingerprint density at radius 1 is 1.42 bits per heavy atom. The molecule has 2 amide bonds. The van der Waals surface area contributed by atoms with Gasteiger partial charge in [0.15, 0.2) is 0 Å². The number of carbonyl (C=O) groups is 2. The molecule has 1 atom stereocenters. The SMILES string of the molecule is COCCN(C)c1nnc(C(CC2CCN(C(=O)O)CC2)NC(=O)c2ccc(Cl)s2)o1. The van der Waals surface area contributed by atoms with Crippen molar-refractivity contribution in [2.75, 3.05) is 45.3 Å². The lowest BCUT2D eigenvalue weighted by Gasteiger charge is -2.31. The number of methoxy groups -OCH3 is 1. The van der Waals surface area contributed by atoms with E-state index in [0.29, 0.717) is 66.6 Å². The Kier molecular flexibility index (Phi) is 8.10. The number of amides is 2. The van der Waals surface area contributed by atoms with Crippen LogP contribution in [0.5, 0.6) is 0 Å². The number of anilines is 1. The molecule has 170 valence electrons. The van der Waals surface area contributed by atoms with Crippen LogP contribution in [0, 0.1) is 5.92 Å². The first-order valence-corrected chi connectivity index (χ1v) is 11.1. The highest BCUT2D eigenvalue weighted by atomic mass is 35.5. The third kappa shape index (κ3) is 6.31. The molecule has 2 aromatic rings. The molecule has 12 heteroatoms. The monoisotopic (exact) mass is 471 g/mol. The number of hydrogen-bond donors (Lipinski definition) is 2. The van der Waals surface area contributed by atoms with Gasteiger partial charge in [-0.1, -0.05) is 16.7 Å². The Morgan fingerprint density at radius 3 is 2.77 bits per heavy atom. The van der Waals surface area contributed by atoms with Crippen molar-refractivity contribution >= 4 is 41.0 Å². The first-order chi connectivity index (χ1) is 14.9. The van der Waals surface area contributed by atoms with E-state index in [9.17, 15) is 9.59 Å². The van der Waals surface area contributed by atoms with Crippen LogP contribution in [0.25, 0.3) is 0 Å². The molecule has 31 heavy (non-hydrogen) atoms. The zero-order valence-electron chi connectivity index (χ0n) is 17.4. The van der Waals surface area contributed by atoms with Crippen LogP contribution in [-0.4, -0.2) is 72.6 Å². The fourth-order valence-corrected chi connectivity index (χ4v) is 4.37. The van der Waals surface area contributed by atoms with Gasteiger partial charge in [0.25, 0.3) is 5.91 Å². The Bertz CT molecular complexity index is 883. The molecule has 1 fully saturated rings. The number of nitrogens with zero attached hydrogens (tertiary/aromatic N) is 4. The standard InChI is InChI=1S/C19H26ClN5O5S/c1-24(9-10-29-2)18-23-22-17(30-18)13(21-16(26)14-3-4-15(20)31-14)11-12-5-7-25(8-6-12)19(27)28/h3-4,12-13H,5-11H2,1-2H3,(H,21,26)(H,27,28). The van der Waals surface area contributed by atoms with E-state index in [4.69, 9.17) is 25.9 Å². The minimum atomic E-state index is -0.904. The van der Waals surface area contributed by atoms with Gasteiger partial charge >= 0.3 is 12.1 Å². The lowest BCUT2D eigenvalue weighted by molar-refractivity contribution is 0.0917. The number of ether oxygens (including phenoxy) is 1. The number of thiophene rings is 1. The van der Waals surface area contributed by atoms with Crippen LogP contribution in [0.1, 0.15) is 40.9 Å². The molecule has 3 heterocycles. The zero-order chi connectivity index (χ0) is 22.4. The Balaban J connectivity index is 1.72. The van der Waals surface area contributed by atoms with Crippen molar-refractivity contribution in [2.24, 2.45) is 5.92 Å². The van der Waals surface area contributed by atoms with Crippen LogP contribution in [0.2, 0.25) is 4.34 Å². The molecule has 0 spiro atoms. The van der Waals surface area contributed by atoms with Gasteiger partial charge in [-0.2, -0.15) is 0 Å². The van der Waals surface area contributed by atoms with Crippen molar-refractivity contribution in [2.45, 2.75) is 25.3 Å². The number of piperidine rings is 1. The van der Waals surface area contributed by atoms with E-state index in [0.717, 1.165) is 0 Å². The van der Waals surface area contributed by atoms with E-state index in [1.807, 2.05) is 7.05 Å². The Morgan fingerprint density at radius 2 is 2.16 bits per heavy atom. The van der Waals surface area contributed by atoms with Gasteiger partial charge in [-0.3, -0.25) is 4.79 Å². The number of carbonyl (C=O) groups excluding carboxylic acids is 1. The van der Waals surface area contributed by atoms with E-state index in [2.05, 4.69) is 15.5 Å². The van der Waals surface area contributed by atoms with Crippen molar-refractivity contribution in [3.8, 4) is 0 Å². The number of rotatable bonds is 9. The van der Waals surface area contributed by atoms with Crippen LogP contribution >= 0.6 is 22.9 Å². The summed E-state index contributed by atoms with van der Waals surface area (Å²) in [4.78, 5) is 27.6. The van der Waals surface area contributed by atoms with Crippen molar-refractivity contribution in [3.63, 3.8) is 0 Å². The Labute approximate surface area is 189 Å². The number of hydrogen-bond acceptors (Lipinski definition) is 8. The maximum Gasteiger partial charge on any atom is 0.407 e. The molecule has 2 aromatic heterocycles.